The predicted octanol–water partition coefficient (Wildman–Crippen LogP) is -0.00910. The van der Waals surface area contributed by atoms with Gasteiger partial charge in [-0.05, 0) is 0 Å². The summed E-state index contributed by atoms with van der Waals surface area (Å²) in [6, 6.07) is -0.271. The van der Waals surface area contributed by atoms with Crippen molar-refractivity contribution in [1.29, 1.82) is 0 Å². The van der Waals surface area contributed by atoms with E-state index in [4.69, 9.17) is 9.84 Å². The molecule has 12 heavy (non-hydrogen) atoms. The van der Waals surface area contributed by atoms with Crippen molar-refractivity contribution >= 4 is 0 Å². The SMILES string of the molecule is OC[C@H]1CN[C@@H](CC(F)F)CO1. The molecule has 3 nitrogen and oxygen atoms in total. The van der Waals surface area contributed by atoms with Crippen LogP contribution in [0.1, 0.15) is 6.42 Å². The van der Waals surface area contributed by atoms with Crippen LogP contribution in [0.5, 0.6) is 0 Å². The zero-order valence-electron chi connectivity index (χ0n) is 6.67. The second kappa shape index (κ2) is 4.69. The number of halogens is 2. The Morgan fingerprint density at radius 1 is 1.58 bits per heavy atom. The van der Waals surface area contributed by atoms with E-state index in [1.807, 2.05) is 0 Å². The van der Waals surface area contributed by atoms with Crippen LogP contribution in [0.2, 0.25) is 0 Å². The molecule has 1 saturated heterocycles. The number of morpholine rings is 1. The topological polar surface area (TPSA) is 41.5 Å². The molecule has 1 fully saturated rings. The number of ether oxygens (including phenoxy) is 1. The fraction of sp³-hybridized carbons (Fsp3) is 1.00. The zero-order valence-corrected chi connectivity index (χ0v) is 6.67. The normalized spacial score (nSPS) is 31.0. The van der Waals surface area contributed by atoms with Crippen LogP contribution in [0, 0.1) is 0 Å². The molecular weight excluding hydrogens is 168 g/mol. The van der Waals surface area contributed by atoms with Crippen molar-refractivity contribution in [3.63, 3.8) is 0 Å². The van der Waals surface area contributed by atoms with Crippen molar-refractivity contribution in [3.05, 3.63) is 0 Å². The van der Waals surface area contributed by atoms with E-state index in [1.165, 1.54) is 0 Å². The van der Waals surface area contributed by atoms with Crippen molar-refractivity contribution in [1.82, 2.24) is 5.32 Å². The summed E-state index contributed by atoms with van der Waals surface area (Å²) in [7, 11) is 0. The molecule has 1 heterocycles. The van der Waals surface area contributed by atoms with Crippen LogP contribution in [0.3, 0.4) is 0 Å². The lowest BCUT2D eigenvalue weighted by Crippen LogP contribution is -2.48. The molecule has 0 radical (unpaired) electrons. The van der Waals surface area contributed by atoms with Gasteiger partial charge in [-0.2, -0.15) is 0 Å². The van der Waals surface area contributed by atoms with Crippen molar-refractivity contribution in [2.75, 3.05) is 19.8 Å². The summed E-state index contributed by atoms with van der Waals surface area (Å²) < 4.78 is 28.8. The third-order valence-electron chi connectivity index (χ3n) is 1.83. The van der Waals surface area contributed by atoms with Gasteiger partial charge in [0.05, 0.1) is 19.3 Å². The molecule has 2 atom stereocenters. The Labute approximate surface area is 69.7 Å². The maximum atomic E-state index is 11.9. The highest BCUT2D eigenvalue weighted by molar-refractivity contribution is 4.75. The van der Waals surface area contributed by atoms with Crippen LogP contribution in [0.4, 0.5) is 8.78 Å². The average molecular weight is 181 g/mol. The predicted molar refractivity (Wildman–Crippen MR) is 39.2 cm³/mol. The summed E-state index contributed by atoms with van der Waals surface area (Å²) in [5, 5.41) is 11.5. The Bertz CT molecular complexity index is 127. The molecule has 0 aromatic rings. The maximum absolute atomic E-state index is 11.9. The number of aliphatic hydroxyl groups is 1. The number of hydrogen-bond acceptors (Lipinski definition) is 3. The quantitative estimate of drug-likeness (QED) is 0.643. The van der Waals surface area contributed by atoms with E-state index in [0.717, 1.165) is 0 Å². The lowest BCUT2D eigenvalue weighted by molar-refractivity contribution is -0.0358. The van der Waals surface area contributed by atoms with E-state index < -0.39 is 6.43 Å². The van der Waals surface area contributed by atoms with Gasteiger partial charge in [0.25, 0.3) is 0 Å². The number of aliphatic hydroxyl groups excluding tert-OH is 1. The fourth-order valence-corrected chi connectivity index (χ4v) is 1.15. The van der Waals surface area contributed by atoms with Crippen molar-refractivity contribution < 1.29 is 18.6 Å². The van der Waals surface area contributed by atoms with E-state index in [2.05, 4.69) is 5.32 Å². The minimum absolute atomic E-state index is 0.0611. The van der Waals surface area contributed by atoms with Gasteiger partial charge in [0, 0.05) is 19.0 Å². The molecule has 72 valence electrons. The van der Waals surface area contributed by atoms with E-state index in [-0.39, 0.29) is 31.8 Å². The molecule has 5 heteroatoms. The Morgan fingerprint density at radius 2 is 2.33 bits per heavy atom. The zero-order chi connectivity index (χ0) is 8.97. The number of rotatable bonds is 3. The van der Waals surface area contributed by atoms with Gasteiger partial charge in [-0.15, -0.1) is 0 Å². The Hall–Kier alpha value is -0.260. The van der Waals surface area contributed by atoms with Crippen LogP contribution in [0.25, 0.3) is 0 Å². The number of hydrogen-bond donors (Lipinski definition) is 2. The van der Waals surface area contributed by atoms with Gasteiger partial charge in [-0.1, -0.05) is 0 Å². The number of nitrogens with one attached hydrogen (secondary N) is 1. The molecule has 1 aliphatic heterocycles. The molecule has 0 bridgehead atoms. The van der Waals surface area contributed by atoms with Crippen LogP contribution in [-0.4, -0.2) is 43.4 Å². The van der Waals surface area contributed by atoms with Gasteiger partial charge in [-0.25, -0.2) is 8.78 Å². The molecule has 0 unspecified atom stereocenters. The third-order valence-corrected chi connectivity index (χ3v) is 1.83. The summed E-state index contributed by atoms with van der Waals surface area (Å²) in [6.45, 7) is 0.651. The van der Waals surface area contributed by atoms with Crippen LogP contribution in [0.15, 0.2) is 0 Å². The largest absolute Gasteiger partial charge is 0.394 e. The highest BCUT2D eigenvalue weighted by atomic mass is 19.3. The smallest absolute Gasteiger partial charge is 0.240 e. The fourth-order valence-electron chi connectivity index (χ4n) is 1.15. The van der Waals surface area contributed by atoms with E-state index in [0.29, 0.717) is 6.54 Å². The summed E-state index contributed by atoms with van der Waals surface area (Å²) in [6.07, 6.45) is -2.71. The first-order valence-electron chi connectivity index (χ1n) is 3.96. The molecule has 1 rings (SSSR count). The van der Waals surface area contributed by atoms with Crippen molar-refractivity contribution in [2.45, 2.75) is 25.0 Å². The minimum Gasteiger partial charge on any atom is -0.394 e. The summed E-state index contributed by atoms with van der Waals surface area (Å²) in [5.74, 6) is 0. The van der Waals surface area contributed by atoms with E-state index in [9.17, 15) is 8.78 Å². The molecule has 0 spiro atoms. The van der Waals surface area contributed by atoms with Crippen molar-refractivity contribution in [3.8, 4) is 0 Å². The Balaban J connectivity index is 2.17. The average Bonchev–Trinajstić information content (AvgIpc) is 2.05. The lowest BCUT2D eigenvalue weighted by Gasteiger charge is -2.29. The monoisotopic (exact) mass is 181 g/mol. The van der Waals surface area contributed by atoms with Gasteiger partial charge in [0.2, 0.25) is 6.43 Å². The highest BCUT2D eigenvalue weighted by Gasteiger charge is 2.22. The second-order valence-electron chi connectivity index (χ2n) is 2.87. The van der Waals surface area contributed by atoms with Crippen molar-refractivity contribution in [2.24, 2.45) is 0 Å². The molecule has 0 saturated carbocycles. The number of alkyl halides is 2. The van der Waals surface area contributed by atoms with Crippen LogP contribution < -0.4 is 5.32 Å². The first-order chi connectivity index (χ1) is 5.72. The molecule has 0 aliphatic carbocycles. The molecule has 0 amide bonds. The molecule has 1 aliphatic rings. The van der Waals surface area contributed by atoms with Gasteiger partial charge in [0.15, 0.2) is 0 Å². The lowest BCUT2D eigenvalue weighted by atomic mass is 10.2. The maximum Gasteiger partial charge on any atom is 0.240 e. The third kappa shape index (κ3) is 3.00. The summed E-state index contributed by atoms with van der Waals surface area (Å²) in [5.41, 5.74) is 0. The van der Waals surface area contributed by atoms with E-state index in [1.54, 1.807) is 0 Å². The highest BCUT2D eigenvalue weighted by Crippen LogP contribution is 2.08. The summed E-state index contributed by atoms with van der Waals surface area (Å²) >= 11 is 0. The summed E-state index contributed by atoms with van der Waals surface area (Å²) in [4.78, 5) is 0. The van der Waals surface area contributed by atoms with Gasteiger partial charge < -0.3 is 15.2 Å². The minimum atomic E-state index is -2.29. The van der Waals surface area contributed by atoms with Gasteiger partial charge >= 0.3 is 0 Å². The van der Waals surface area contributed by atoms with Crippen LogP contribution >= 0.6 is 0 Å². The second-order valence-corrected chi connectivity index (χ2v) is 2.87. The molecule has 0 aromatic heterocycles. The molecular formula is C7H13F2NO2. The van der Waals surface area contributed by atoms with Gasteiger partial charge in [0.1, 0.15) is 0 Å². The van der Waals surface area contributed by atoms with Crippen LogP contribution in [-0.2, 0) is 4.74 Å². The Morgan fingerprint density at radius 3 is 2.75 bits per heavy atom. The van der Waals surface area contributed by atoms with Gasteiger partial charge in [-0.3, -0.25) is 0 Å². The van der Waals surface area contributed by atoms with E-state index >= 15 is 0 Å². The molecule has 0 aromatic carbocycles. The first kappa shape index (κ1) is 9.83. The Kier molecular flexibility index (Phi) is 3.84. The standard InChI is InChI=1S/C7H13F2NO2/c8-7(9)1-5-4-12-6(3-11)2-10-5/h5-7,10-11H,1-4H2/t5-,6+/m0/s1. The first-order valence-corrected chi connectivity index (χ1v) is 3.96. The molecule has 2 N–H and O–H groups in total.